The molecule has 3 rings (SSSR count). The Morgan fingerprint density at radius 2 is 2.10 bits per heavy atom. The quantitative estimate of drug-likeness (QED) is 0.813. The molecule has 0 radical (unpaired) electrons. The molecule has 0 unspecified atom stereocenters. The van der Waals surface area contributed by atoms with E-state index in [1.807, 2.05) is 34.4 Å². The highest BCUT2D eigenvalue weighted by Crippen LogP contribution is 2.19. The fourth-order valence-electron chi connectivity index (χ4n) is 2.27. The van der Waals surface area contributed by atoms with Crippen molar-refractivity contribution in [3.05, 3.63) is 39.9 Å². The molecule has 0 bridgehead atoms. The summed E-state index contributed by atoms with van der Waals surface area (Å²) in [7, 11) is 0. The maximum absolute atomic E-state index is 6.18. The second-order valence-corrected chi connectivity index (χ2v) is 5.86. The van der Waals surface area contributed by atoms with Gasteiger partial charge in [0.05, 0.1) is 25.6 Å². The molecule has 0 aliphatic carbocycles. The molecule has 2 heterocycles. The number of aromatic nitrogens is 3. The number of ether oxygens (including phenoxy) is 1. The second-order valence-electron chi connectivity index (χ2n) is 5.09. The molecule has 1 fully saturated rings. The van der Waals surface area contributed by atoms with E-state index < -0.39 is 0 Å². The van der Waals surface area contributed by atoms with Gasteiger partial charge in [0.15, 0.2) is 0 Å². The molecule has 21 heavy (non-hydrogen) atoms. The summed E-state index contributed by atoms with van der Waals surface area (Å²) in [5.74, 6) is 0. The van der Waals surface area contributed by atoms with Crippen LogP contribution in [0.3, 0.4) is 0 Å². The van der Waals surface area contributed by atoms with Crippen molar-refractivity contribution in [3.63, 3.8) is 0 Å². The maximum Gasteiger partial charge on any atom is 0.203 e. The van der Waals surface area contributed by atoms with Gasteiger partial charge in [-0.25, -0.2) is 4.68 Å². The lowest BCUT2D eigenvalue weighted by Crippen LogP contribution is -2.37. The van der Waals surface area contributed by atoms with E-state index in [9.17, 15) is 0 Å². The van der Waals surface area contributed by atoms with Crippen LogP contribution >= 0.6 is 23.8 Å². The molecule has 1 aromatic heterocycles. The minimum atomic E-state index is 0.668. The SMILES string of the molecule is Cc1ccc(-n2cnn(CN3CCOCC3)c2=S)cc1Cl. The lowest BCUT2D eigenvalue weighted by molar-refractivity contribution is 0.0210. The number of rotatable bonds is 3. The first-order chi connectivity index (χ1) is 10.1. The summed E-state index contributed by atoms with van der Waals surface area (Å²) in [6.45, 7) is 6.02. The van der Waals surface area contributed by atoms with Crippen molar-refractivity contribution in [1.82, 2.24) is 19.2 Å². The first kappa shape index (κ1) is 14.7. The minimum absolute atomic E-state index is 0.668. The van der Waals surface area contributed by atoms with Crippen LogP contribution in [0.25, 0.3) is 5.69 Å². The Balaban J connectivity index is 1.84. The van der Waals surface area contributed by atoms with Crippen LogP contribution in [-0.2, 0) is 11.4 Å². The number of aryl methyl sites for hydroxylation is 1. The lowest BCUT2D eigenvalue weighted by atomic mass is 10.2. The van der Waals surface area contributed by atoms with Gasteiger partial charge in [0.2, 0.25) is 4.77 Å². The van der Waals surface area contributed by atoms with Gasteiger partial charge in [-0.2, -0.15) is 5.10 Å². The Labute approximate surface area is 133 Å². The number of nitrogens with zero attached hydrogens (tertiary/aromatic N) is 4. The number of morpholine rings is 1. The van der Waals surface area contributed by atoms with Crippen molar-refractivity contribution in [2.24, 2.45) is 0 Å². The zero-order valence-corrected chi connectivity index (χ0v) is 13.4. The molecule has 7 heteroatoms. The Morgan fingerprint density at radius 1 is 1.33 bits per heavy atom. The van der Waals surface area contributed by atoms with Crippen LogP contribution in [0.2, 0.25) is 5.02 Å². The molecule has 112 valence electrons. The first-order valence-electron chi connectivity index (χ1n) is 6.86. The molecule has 0 N–H and O–H groups in total. The molecule has 2 aromatic rings. The van der Waals surface area contributed by atoms with Crippen LogP contribution in [-0.4, -0.2) is 45.6 Å². The summed E-state index contributed by atoms with van der Waals surface area (Å²) in [4.78, 5) is 2.28. The van der Waals surface area contributed by atoms with Crippen LogP contribution in [0.5, 0.6) is 0 Å². The standard InChI is InChI=1S/C14H17ClN4OS/c1-11-2-3-12(8-13(11)15)18-9-16-19(14(18)21)10-17-4-6-20-7-5-17/h2-3,8-9H,4-7,10H2,1H3. The molecule has 1 aliphatic heterocycles. The number of hydrogen-bond donors (Lipinski definition) is 0. The highest BCUT2D eigenvalue weighted by molar-refractivity contribution is 7.71. The maximum atomic E-state index is 6.18. The fraction of sp³-hybridized carbons (Fsp3) is 0.429. The topological polar surface area (TPSA) is 35.2 Å². The largest absolute Gasteiger partial charge is 0.379 e. The molecule has 1 aliphatic rings. The summed E-state index contributed by atoms with van der Waals surface area (Å²) < 4.78 is 9.72. The first-order valence-corrected chi connectivity index (χ1v) is 7.65. The van der Waals surface area contributed by atoms with Crippen LogP contribution in [0.1, 0.15) is 5.56 Å². The Kier molecular flexibility index (Phi) is 4.40. The fourth-order valence-corrected chi connectivity index (χ4v) is 2.71. The van der Waals surface area contributed by atoms with E-state index in [0.717, 1.165) is 42.6 Å². The summed E-state index contributed by atoms with van der Waals surface area (Å²) >= 11 is 11.7. The molecule has 1 aromatic carbocycles. The zero-order chi connectivity index (χ0) is 14.8. The van der Waals surface area contributed by atoms with Gasteiger partial charge in [-0.1, -0.05) is 17.7 Å². The van der Waals surface area contributed by atoms with Crippen molar-refractivity contribution in [3.8, 4) is 5.69 Å². The molecule has 0 saturated carbocycles. The third-order valence-corrected chi connectivity index (χ3v) is 4.42. The Hall–Kier alpha value is -1.21. The van der Waals surface area contributed by atoms with E-state index in [2.05, 4.69) is 10.00 Å². The minimum Gasteiger partial charge on any atom is -0.379 e. The third-order valence-electron chi connectivity index (χ3n) is 3.60. The number of benzene rings is 1. The molecular formula is C14H17ClN4OS. The van der Waals surface area contributed by atoms with E-state index in [4.69, 9.17) is 28.6 Å². The molecule has 0 atom stereocenters. The third kappa shape index (κ3) is 3.18. The summed E-state index contributed by atoms with van der Waals surface area (Å²) in [5.41, 5.74) is 1.98. The van der Waals surface area contributed by atoms with Gasteiger partial charge in [0.25, 0.3) is 0 Å². The lowest BCUT2D eigenvalue weighted by Gasteiger charge is -2.26. The highest BCUT2D eigenvalue weighted by atomic mass is 35.5. The van der Waals surface area contributed by atoms with E-state index in [1.165, 1.54) is 0 Å². The summed E-state index contributed by atoms with van der Waals surface area (Å²) in [6.07, 6.45) is 1.74. The van der Waals surface area contributed by atoms with Crippen molar-refractivity contribution in [2.45, 2.75) is 13.6 Å². The molecule has 1 saturated heterocycles. The van der Waals surface area contributed by atoms with Gasteiger partial charge in [-0.05, 0) is 36.8 Å². The van der Waals surface area contributed by atoms with Crippen molar-refractivity contribution < 1.29 is 4.74 Å². The zero-order valence-electron chi connectivity index (χ0n) is 11.8. The number of halogens is 1. The molecule has 0 amide bonds. The smallest absolute Gasteiger partial charge is 0.203 e. The average molecular weight is 325 g/mol. The van der Waals surface area contributed by atoms with Gasteiger partial charge in [-0.3, -0.25) is 9.47 Å². The Bertz CT molecular complexity index is 691. The van der Waals surface area contributed by atoms with Crippen LogP contribution in [0, 0.1) is 11.7 Å². The van der Waals surface area contributed by atoms with Gasteiger partial charge >= 0.3 is 0 Å². The van der Waals surface area contributed by atoms with E-state index in [-0.39, 0.29) is 0 Å². The van der Waals surface area contributed by atoms with Crippen LogP contribution in [0.15, 0.2) is 24.5 Å². The molecule has 0 spiro atoms. The normalized spacial score (nSPS) is 16.3. The second kappa shape index (κ2) is 6.27. The van der Waals surface area contributed by atoms with E-state index in [0.29, 0.717) is 11.4 Å². The Morgan fingerprint density at radius 3 is 2.81 bits per heavy atom. The van der Waals surface area contributed by atoms with Crippen molar-refractivity contribution >= 4 is 23.8 Å². The van der Waals surface area contributed by atoms with E-state index >= 15 is 0 Å². The molecular weight excluding hydrogens is 308 g/mol. The van der Waals surface area contributed by atoms with Crippen molar-refractivity contribution in [2.75, 3.05) is 26.3 Å². The van der Waals surface area contributed by atoms with Gasteiger partial charge in [0, 0.05) is 18.1 Å². The number of hydrogen-bond acceptors (Lipinski definition) is 4. The predicted molar refractivity (Wildman–Crippen MR) is 84.5 cm³/mol. The van der Waals surface area contributed by atoms with E-state index in [1.54, 1.807) is 6.33 Å². The summed E-state index contributed by atoms with van der Waals surface area (Å²) in [6, 6.07) is 5.89. The van der Waals surface area contributed by atoms with Gasteiger partial charge < -0.3 is 4.74 Å². The summed E-state index contributed by atoms with van der Waals surface area (Å²) in [5, 5.41) is 5.12. The van der Waals surface area contributed by atoms with Gasteiger partial charge in [-0.15, -0.1) is 0 Å². The highest BCUT2D eigenvalue weighted by Gasteiger charge is 2.13. The molecule has 5 nitrogen and oxygen atoms in total. The van der Waals surface area contributed by atoms with Gasteiger partial charge in [0.1, 0.15) is 6.33 Å². The predicted octanol–water partition coefficient (Wildman–Crippen LogP) is 2.65. The van der Waals surface area contributed by atoms with Crippen LogP contribution < -0.4 is 0 Å². The monoisotopic (exact) mass is 324 g/mol. The average Bonchev–Trinajstić information content (AvgIpc) is 2.84. The van der Waals surface area contributed by atoms with Crippen molar-refractivity contribution in [1.29, 1.82) is 0 Å². The van der Waals surface area contributed by atoms with Crippen LogP contribution in [0.4, 0.5) is 0 Å².